The van der Waals surface area contributed by atoms with E-state index in [0.717, 1.165) is 5.56 Å². The summed E-state index contributed by atoms with van der Waals surface area (Å²) in [7, 11) is -2.75. The molecule has 0 saturated carbocycles. The molecule has 0 unspecified atom stereocenters. The number of hydrogen-bond acceptors (Lipinski definition) is 7. The maximum atomic E-state index is 12.6. The molecule has 3 rings (SSSR count). The van der Waals surface area contributed by atoms with Gasteiger partial charge in [-0.1, -0.05) is 18.2 Å². The van der Waals surface area contributed by atoms with Gasteiger partial charge < -0.3 is 19.0 Å². The van der Waals surface area contributed by atoms with Crippen molar-refractivity contribution in [2.24, 2.45) is 0 Å². The normalized spacial score (nSPS) is 10.9. The molecule has 0 atom stereocenters. The molecule has 0 aliphatic carbocycles. The highest BCUT2D eigenvalue weighted by molar-refractivity contribution is 7.87. The van der Waals surface area contributed by atoms with Crippen molar-refractivity contribution < 1.29 is 31.7 Å². The van der Waals surface area contributed by atoms with Crippen LogP contribution in [0.5, 0.6) is 11.5 Å². The topological polar surface area (TPSA) is 108 Å². The van der Waals surface area contributed by atoms with Gasteiger partial charge in [-0.3, -0.25) is 4.79 Å². The Morgan fingerprint density at radius 2 is 1.64 bits per heavy atom. The van der Waals surface area contributed by atoms with Crippen LogP contribution in [-0.2, 0) is 19.6 Å². The monoisotopic (exact) mass is 469 g/mol. The lowest BCUT2D eigenvalue weighted by Crippen LogP contribution is -2.14. The van der Waals surface area contributed by atoms with Crippen molar-refractivity contribution in [1.29, 1.82) is 0 Å². The summed E-state index contributed by atoms with van der Waals surface area (Å²) in [5.41, 5.74) is 2.14. The summed E-state index contributed by atoms with van der Waals surface area (Å²) in [4.78, 5) is 23.8. The van der Waals surface area contributed by atoms with E-state index in [-0.39, 0.29) is 17.3 Å². The van der Waals surface area contributed by atoms with Crippen molar-refractivity contribution in [3.63, 3.8) is 0 Å². The summed E-state index contributed by atoms with van der Waals surface area (Å²) < 4.78 is 40.3. The van der Waals surface area contributed by atoms with Gasteiger partial charge in [-0.25, -0.2) is 4.79 Å². The van der Waals surface area contributed by atoms with Crippen molar-refractivity contribution in [3.8, 4) is 11.5 Å². The first-order valence-corrected chi connectivity index (χ1v) is 11.3. The number of carbonyl (C=O) groups is 2. The van der Waals surface area contributed by atoms with Crippen LogP contribution in [0.3, 0.4) is 0 Å². The van der Waals surface area contributed by atoms with Crippen LogP contribution >= 0.6 is 0 Å². The molecular formula is C24H23NO7S. The molecule has 3 aromatic rings. The smallest absolute Gasteiger partial charge is 0.343 e. The number of carbonyl (C=O) groups excluding carboxylic acids is 2. The zero-order valence-corrected chi connectivity index (χ0v) is 19.1. The summed E-state index contributed by atoms with van der Waals surface area (Å²) in [6.45, 7) is 3.24. The highest BCUT2D eigenvalue weighted by Gasteiger charge is 2.20. The number of hydrogen-bond donors (Lipinski definition) is 1. The van der Waals surface area contributed by atoms with Gasteiger partial charge in [0.15, 0.2) is 6.61 Å². The van der Waals surface area contributed by atoms with Crippen LogP contribution in [0.1, 0.15) is 21.5 Å². The van der Waals surface area contributed by atoms with E-state index in [2.05, 4.69) is 10.1 Å². The first kappa shape index (κ1) is 23.8. The zero-order valence-electron chi connectivity index (χ0n) is 18.3. The summed E-state index contributed by atoms with van der Waals surface area (Å²) >= 11 is 0. The van der Waals surface area contributed by atoms with Crippen molar-refractivity contribution in [2.45, 2.75) is 18.7 Å². The Morgan fingerprint density at radius 1 is 0.909 bits per heavy atom. The van der Waals surface area contributed by atoms with Crippen LogP contribution in [-0.4, -0.2) is 34.0 Å². The molecule has 0 spiro atoms. The highest BCUT2D eigenvalue weighted by Crippen LogP contribution is 2.23. The Balaban J connectivity index is 1.67. The summed E-state index contributed by atoms with van der Waals surface area (Å²) in [6, 6.07) is 17.4. The fourth-order valence-corrected chi connectivity index (χ4v) is 4.13. The van der Waals surface area contributed by atoms with E-state index in [9.17, 15) is 18.0 Å². The van der Waals surface area contributed by atoms with Crippen LogP contribution < -0.4 is 14.2 Å². The molecule has 0 aliphatic rings. The van der Waals surface area contributed by atoms with E-state index < -0.39 is 22.0 Å². The molecule has 9 heteroatoms. The van der Waals surface area contributed by atoms with Gasteiger partial charge in [0.2, 0.25) is 0 Å². The van der Waals surface area contributed by atoms with E-state index in [1.807, 2.05) is 6.07 Å². The molecule has 0 saturated heterocycles. The second kappa shape index (κ2) is 10.2. The van der Waals surface area contributed by atoms with Crippen LogP contribution in [0.15, 0.2) is 71.6 Å². The number of rotatable bonds is 8. The molecule has 0 heterocycles. The molecule has 8 nitrogen and oxygen atoms in total. The average Bonchev–Trinajstić information content (AvgIpc) is 2.79. The lowest BCUT2D eigenvalue weighted by atomic mass is 10.2. The second-order valence-electron chi connectivity index (χ2n) is 7.18. The molecule has 0 radical (unpaired) electrons. The number of anilines is 1. The molecule has 1 N–H and O–H groups in total. The van der Waals surface area contributed by atoms with Gasteiger partial charge in [0.25, 0.3) is 5.91 Å². The van der Waals surface area contributed by atoms with E-state index in [1.54, 1.807) is 50.2 Å². The van der Waals surface area contributed by atoms with Crippen LogP contribution in [0, 0.1) is 13.8 Å². The minimum Gasteiger partial charge on any atom is -0.482 e. The number of aryl methyl sites for hydroxylation is 2. The molecule has 0 aromatic heterocycles. The van der Waals surface area contributed by atoms with E-state index in [1.165, 1.54) is 31.4 Å². The zero-order chi connectivity index (χ0) is 24.0. The lowest BCUT2D eigenvalue weighted by Gasteiger charge is -2.11. The summed E-state index contributed by atoms with van der Waals surface area (Å²) in [5, 5.41) is 2.71. The van der Waals surface area contributed by atoms with Gasteiger partial charge >= 0.3 is 16.1 Å². The van der Waals surface area contributed by atoms with Gasteiger partial charge in [-0.05, 0) is 67.4 Å². The maximum Gasteiger partial charge on any atom is 0.343 e. The molecule has 33 heavy (non-hydrogen) atoms. The van der Waals surface area contributed by atoms with E-state index in [4.69, 9.17) is 8.92 Å². The SMILES string of the molecule is COC(=O)COc1cccc(NC(=O)c2ccc(OS(=O)(=O)c3cc(C)ccc3C)cc2)c1. The molecule has 0 aliphatic heterocycles. The molecule has 0 bridgehead atoms. The van der Waals surface area contributed by atoms with E-state index in [0.29, 0.717) is 22.6 Å². The molecular weight excluding hydrogens is 446 g/mol. The highest BCUT2D eigenvalue weighted by atomic mass is 32.2. The molecule has 3 aromatic carbocycles. The Labute approximate surface area is 192 Å². The third kappa shape index (κ3) is 6.33. The quantitative estimate of drug-likeness (QED) is 0.394. The maximum absolute atomic E-state index is 12.6. The number of benzene rings is 3. The second-order valence-corrected chi connectivity index (χ2v) is 8.69. The van der Waals surface area contributed by atoms with E-state index >= 15 is 0 Å². The third-order valence-corrected chi connectivity index (χ3v) is 6.00. The number of esters is 1. The largest absolute Gasteiger partial charge is 0.482 e. The number of methoxy groups -OCH3 is 1. The minimum atomic E-state index is -4.01. The third-order valence-electron chi connectivity index (χ3n) is 4.61. The van der Waals surface area contributed by atoms with Crippen LogP contribution in [0.2, 0.25) is 0 Å². The summed E-state index contributed by atoms with van der Waals surface area (Å²) in [6.07, 6.45) is 0. The average molecular weight is 470 g/mol. The van der Waals surface area contributed by atoms with Crippen LogP contribution in [0.25, 0.3) is 0 Å². The van der Waals surface area contributed by atoms with Crippen molar-refractivity contribution >= 4 is 27.7 Å². The number of nitrogens with one attached hydrogen (secondary N) is 1. The molecule has 0 fully saturated rings. The fraction of sp³-hybridized carbons (Fsp3) is 0.167. The van der Waals surface area contributed by atoms with Crippen molar-refractivity contribution in [1.82, 2.24) is 0 Å². The predicted octanol–water partition coefficient (Wildman–Crippen LogP) is 3.88. The predicted molar refractivity (Wildman–Crippen MR) is 122 cm³/mol. The Morgan fingerprint density at radius 3 is 2.33 bits per heavy atom. The Bertz CT molecular complexity index is 1270. The molecule has 1 amide bonds. The van der Waals surface area contributed by atoms with Crippen molar-refractivity contribution in [2.75, 3.05) is 19.0 Å². The van der Waals surface area contributed by atoms with Gasteiger partial charge in [-0.2, -0.15) is 8.42 Å². The Hall–Kier alpha value is -3.85. The van der Waals surface area contributed by atoms with Gasteiger partial charge in [-0.15, -0.1) is 0 Å². The first-order valence-electron chi connectivity index (χ1n) is 9.91. The Kier molecular flexibility index (Phi) is 7.34. The minimum absolute atomic E-state index is 0.0886. The van der Waals surface area contributed by atoms with Crippen LogP contribution in [0.4, 0.5) is 5.69 Å². The van der Waals surface area contributed by atoms with Crippen molar-refractivity contribution in [3.05, 3.63) is 83.4 Å². The lowest BCUT2D eigenvalue weighted by molar-refractivity contribution is -0.142. The van der Waals surface area contributed by atoms with Gasteiger partial charge in [0, 0.05) is 17.3 Å². The molecule has 172 valence electrons. The number of ether oxygens (including phenoxy) is 2. The van der Waals surface area contributed by atoms with Gasteiger partial charge in [0.1, 0.15) is 16.4 Å². The number of amides is 1. The summed E-state index contributed by atoms with van der Waals surface area (Å²) in [5.74, 6) is -0.459. The first-order chi connectivity index (χ1) is 15.7. The standard InChI is InChI=1S/C24H23NO7S/c1-16-7-8-17(2)22(13-16)33(28,29)32-20-11-9-18(10-12-20)24(27)25-19-5-4-6-21(14-19)31-15-23(26)30-3/h4-14H,15H2,1-3H3,(H,25,27). The fourth-order valence-electron chi connectivity index (χ4n) is 2.88. The van der Waals surface area contributed by atoms with Gasteiger partial charge in [0.05, 0.1) is 7.11 Å².